The number of hydrazone groups is 1. The van der Waals surface area contributed by atoms with Crippen LogP contribution in [0.5, 0.6) is 11.5 Å². The quantitative estimate of drug-likeness (QED) is 0.599. The number of nitrogens with zero attached hydrogens (tertiary/aromatic N) is 1. The maximum atomic E-state index is 11.8. The van der Waals surface area contributed by atoms with Gasteiger partial charge in [0.1, 0.15) is 11.5 Å². The molecule has 2 aromatic rings. The molecule has 0 aliphatic rings. The Kier molecular flexibility index (Phi) is 4.67. The molecule has 0 saturated carbocycles. The summed E-state index contributed by atoms with van der Waals surface area (Å²) < 4.78 is 0. The zero-order chi connectivity index (χ0) is 15.4. The molecule has 2 rings (SSSR count). The minimum atomic E-state index is -0.581. The summed E-state index contributed by atoms with van der Waals surface area (Å²) in [5, 5.41) is 23.2. The third-order valence-corrected chi connectivity index (χ3v) is 3.06. The highest BCUT2D eigenvalue weighted by Crippen LogP contribution is 2.21. The van der Waals surface area contributed by atoms with Crippen molar-refractivity contribution in [2.45, 2.75) is 0 Å². The first-order valence-electron chi connectivity index (χ1n) is 5.77. The van der Waals surface area contributed by atoms with Crippen molar-refractivity contribution in [1.29, 1.82) is 0 Å². The third kappa shape index (κ3) is 4.11. The molecule has 7 heteroatoms. The van der Waals surface area contributed by atoms with Gasteiger partial charge in [-0.05, 0) is 24.3 Å². The Morgan fingerprint density at radius 2 is 1.76 bits per heavy atom. The van der Waals surface area contributed by atoms with Gasteiger partial charge in [-0.1, -0.05) is 29.3 Å². The Hall–Kier alpha value is -2.24. The number of carbonyl (C=O) groups excluding carboxylic acids is 1. The van der Waals surface area contributed by atoms with E-state index in [1.54, 1.807) is 18.2 Å². The highest BCUT2D eigenvalue weighted by Gasteiger charge is 2.07. The van der Waals surface area contributed by atoms with E-state index in [9.17, 15) is 15.0 Å². The number of benzene rings is 2. The van der Waals surface area contributed by atoms with Crippen LogP contribution in [0.3, 0.4) is 0 Å². The van der Waals surface area contributed by atoms with E-state index < -0.39 is 5.91 Å². The van der Waals surface area contributed by atoms with E-state index in [4.69, 9.17) is 23.2 Å². The van der Waals surface area contributed by atoms with Gasteiger partial charge in [-0.3, -0.25) is 4.79 Å². The number of hydrogen-bond donors (Lipinski definition) is 3. The van der Waals surface area contributed by atoms with Gasteiger partial charge < -0.3 is 10.2 Å². The molecule has 0 radical (unpaired) electrons. The maximum Gasteiger partial charge on any atom is 0.271 e. The fourth-order valence-corrected chi connectivity index (χ4v) is 2.01. The molecule has 0 atom stereocenters. The average molecular weight is 325 g/mol. The summed E-state index contributed by atoms with van der Waals surface area (Å²) in [6, 6.07) is 8.39. The molecular formula is C14H10Cl2N2O3. The zero-order valence-corrected chi connectivity index (χ0v) is 12.1. The molecule has 0 bridgehead atoms. The largest absolute Gasteiger partial charge is 0.508 e. The summed E-state index contributed by atoms with van der Waals surface area (Å²) in [6.07, 6.45) is 1.36. The molecule has 21 heavy (non-hydrogen) atoms. The first kappa shape index (κ1) is 15.2. The van der Waals surface area contributed by atoms with Gasteiger partial charge in [-0.15, -0.1) is 0 Å². The summed E-state index contributed by atoms with van der Waals surface area (Å²) in [4.78, 5) is 11.8. The Labute approximate surface area is 130 Å². The average Bonchev–Trinajstić information content (AvgIpc) is 2.40. The van der Waals surface area contributed by atoms with Gasteiger partial charge in [0.25, 0.3) is 5.91 Å². The SMILES string of the molecule is O=C(NN=Cc1ccc(Cl)cc1Cl)c1cc(O)cc(O)c1. The van der Waals surface area contributed by atoms with Crippen molar-refractivity contribution in [3.63, 3.8) is 0 Å². The standard InChI is InChI=1S/C14H10Cl2N2O3/c15-10-2-1-8(13(16)5-10)7-17-18-14(21)9-3-11(19)6-12(20)4-9/h1-7,19-20H,(H,18,21). The first-order valence-corrected chi connectivity index (χ1v) is 6.53. The van der Waals surface area contributed by atoms with Crippen LogP contribution in [0.25, 0.3) is 0 Å². The molecule has 0 unspecified atom stereocenters. The van der Waals surface area contributed by atoms with Gasteiger partial charge in [0.15, 0.2) is 0 Å². The molecule has 3 N–H and O–H groups in total. The maximum absolute atomic E-state index is 11.8. The smallest absolute Gasteiger partial charge is 0.271 e. The number of rotatable bonds is 3. The summed E-state index contributed by atoms with van der Waals surface area (Å²) in [6.45, 7) is 0. The van der Waals surface area contributed by atoms with Crippen LogP contribution in [0.1, 0.15) is 15.9 Å². The topological polar surface area (TPSA) is 81.9 Å². The fraction of sp³-hybridized carbons (Fsp3) is 0. The molecule has 5 nitrogen and oxygen atoms in total. The predicted molar refractivity (Wildman–Crippen MR) is 81.3 cm³/mol. The van der Waals surface area contributed by atoms with Crippen LogP contribution >= 0.6 is 23.2 Å². The van der Waals surface area contributed by atoms with E-state index in [1.165, 1.54) is 18.3 Å². The highest BCUT2D eigenvalue weighted by atomic mass is 35.5. The van der Waals surface area contributed by atoms with Crippen LogP contribution in [0.2, 0.25) is 10.0 Å². The minimum absolute atomic E-state index is 0.0758. The van der Waals surface area contributed by atoms with E-state index in [1.807, 2.05) is 0 Å². The molecule has 0 spiro atoms. The number of halogens is 2. The molecule has 0 aliphatic heterocycles. The van der Waals surface area contributed by atoms with Gasteiger partial charge in [0.05, 0.1) is 11.2 Å². The predicted octanol–water partition coefficient (Wildman–Crippen LogP) is 3.17. The molecule has 0 fully saturated rings. The molecule has 2 aromatic carbocycles. The minimum Gasteiger partial charge on any atom is -0.508 e. The van der Waals surface area contributed by atoms with E-state index in [2.05, 4.69) is 10.5 Å². The van der Waals surface area contributed by atoms with E-state index in [0.717, 1.165) is 6.07 Å². The lowest BCUT2D eigenvalue weighted by Gasteiger charge is -2.02. The van der Waals surface area contributed by atoms with Crippen molar-refractivity contribution in [2.24, 2.45) is 5.10 Å². The molecule has 0 saturated heterocycles. The van der Waals surface area contributed by atoms with Crippen LogP contribution in [0, 0.1) is 0 Å². The van der Waals surface area contributed by atoms with Crippen molar-refractivity contribution in [2.75, 3.05) is 0 Å². The van der Waals surface area contributed by atoms with Gasteiger partial charge >= 0.3 is 0 Å². The molecule has 0 aliphatic carbocycles. The van der Waals surface area contributed by atoms with Crippen molar-refractivity contribution in [1.82, 2.24) is 5.43 Å². The van der Waals surface area contributed by atoms with Gasteiger partial charge in [-0.25, -0.2) is 5.43 Å². The van der Waals surface area contributed by atoms with Gasteiger partial charge in [0.2, 0.25) is 0 Å². The number of phenolic OH excluding ortho intramolecular Hbond substituents is 2. The van der Waals surface area contributed by atoms with Crippen molar-refractivity contribution in [3.05, 3.63) is 57.6 Å². The zero-order valence-electron chi connectivity index (χ0n) is 10.5. The lowest BCUT2D eigenvalue weighted by Crippen LogP contribution is -2.17. The Bertz CT molecular complexity index is 697. The normalized spacial score (nSPS) is 10.8. The first-order chi connectivity index (χ1) is 9.95. The summed E-state index contributed by atoms with van der Waals surface area (Å²) in [7, 11) is 0. The number of hydrogen-bond acceptors (Lipinski definition) is 4. The summed E-state index contributed by atoms with van der Waals surface area (Å²) in [5.41, 5.74) is 2.92. The second-order valence-corrected chi connectivity index (χ2v) is 4.95. The Balaban J connectivity index is 2.08. The second-order valence-electron chi connectivity index (χ2n) is 4.10. The number of aromatic hydroxyl groups is 2. The van der Waals surface area contributed by atoms with Crippen molar-refractivity contribution >= 4 is 35.3 Å². The Morgan fingerprint density at radius 1 is 1.10 bits per heavy atom. The van der Waals surface area contributed by atoms with Crippen LogP contribution < -0.4 is 5.43 Å². The van der Waals surface area contributed by atoms with E-state index in [0.29, 0.717) is 15.6 Å². The van der Waals surface area contributed by atoms with Crippen LogP contribution in [0.4, 0.5) is 0 Å². The van der Waals surface area contributed by atoms with Crippen LogP contribution in [-0.2, 0) is 0 Å². The summed E-state index contributed by atoms with van der Waals surface area (Å²) in [5.74, 6) is -1.02. The van der Waals surface area contributed by atoms with E-state index in [-0.39, 0.29) is 17.1 Å². The fourth-order valence-electron chi connectivity index (χ4n) is 1.56. The lowest BCUT2D eigenvalue weighted by atomic mass is 10.2. The van der Waals surface area contributed by atoms with E-state index >= 15 is 0 Å². The lowest BCUT2D eigenvalue weighted by molar-refractivity contribution is 0.0954. The molecule has 1 amide bonds. The molecule has 0 heterocycles. The van der Waals surface area contributed by atoms with Gasteiger partial charge in [0, 0.05) is 22.2 Å². The monoisotopic (exact) mass is 324 g/mol. The molecule has 0 aromatic heterocycles. The molecular weight excluding hydrogens is 315 g/mol. The van der Waals surface area contributed by atoms with Crippen molar-refractivity contribution < 1.29 is 15.0 Å². The highest BCUT2D eigenvalue weighted by molar-refractivity contribution is 6.36. The van der Waals surface area contributed by atoms with Crippen molar-refractivity contribution in [3.8, 4) is 11.5 Å². The number of nitrogens with one attached hydrogen (secondary N) is 1. The number of carbonyl (C=O) groups is 1. The molecule has 108 valence electrons. The van der Waals surface area contributed by atoms with Crippen LogP contribution in [-0.4, -0.2) is 22.3 Å². The Morgan fingerprint density at radius 3 is 2.38 bits per heavy atom. The number of phenols is 2. The van der Waals surface area contributed by atoms with Gasteiger partial charge in [-0.2, -0.15) is 5.10 Å². The summed E-state index contributed by atoms with van der Waals surface area (Å²) >= 11 is 11.7. The second kappa shape index (κ2) is 6.47. The number of amides is 1. The van der Waals surface area contributed by atoms with Crippen LogP contribution in [0.15, 0.2) is 41.5 Å². The third-order valence-electron chi connectivity index (χ3n) is 2.50.